The fourth-order valence-corrected chi connectivity index (χ4v) is 4.75. The van der Waals surface area contributed by atoms with E-state index < -0.39 is 5.91 Å². The maximum Gasteiger partial charge on any atom is 4.00 e. The molecule has 0 spiro atoms. The zero-order chi connectivity index (χ0) is 24.3. The van der Waals surface area contributed by atoms with Crippen LogP contribution in [0.25, 0.3) is 27.3 Å². The van der Waals surface area contributed by atoms with Crippen LogP contribution in [-0.4, -0.2) is 15.4 Å². The van der Waals surface area contributed by atoms with Crippen molar-refractivity contribution in [2.24, 2.45) is 0 Å². The summed E-state index contributed by atoms with van der Waals surface area (Å²) in [5.41, 5.74) is 7.12. The summed E-state index contributed by atoms with van der Waals surface area (Å²) in [5, 5.41) is 8.19. The fraction of sp³-hybridized carbons (Fsp3) is 0. The average molecular weight is 586 g/mol. The first-order valence-electron chi connectivity index (χ1n) is 11.4. The van der Waals surface area contributed by atoms with E-state index in [1.54, 1.807) is 24.3 Å². The van der Waals surface area contributed by atoms with Gasteiger partial charge in [-0.2, -0.15) is 0 Å². The van der Waals surface area contributed by atoms with Gasteiger partial charge in [-0.1, -0.05) is 138 Å². The molecule has 6 rings (SSSR count). The molecule has 0 fully saturated rings. The molecule has 0 aromatic heterocycles. The summed E-state index contributed by atoms with van der Waals surface area (Å²) in [6.07, 6.45) is 0. The number of hydrogen-bond acceptors (Lipinski definition) is 1. The quantitative estimate of drug-likeness (QED) is 0.225. The van der Waals surface area contributed by atoms with Crippen LogP contribution in [0.4, 0.5) is 0 Å². The van der Waals surface area contributed by atoms with E-state index in [-0.39, 0.29) is 46.5 Å². The van der Waals surface area contributed by atoms with E-state index in [0.717, 1.165) is 9.52 Å². The summed E-state index contributed by atoms with van der Waals surface area (Å²) in [5.74, 6) is -0.629. The normalized spacial score (nSPS) is 9.26. The Bertz CT molecular complexity index is 1410. The second-order valence-electron chi connectivity index (χ2n) is 7.87. The zero-order valence-corrected chi connectivity index (χ0v) is 24.6. The number of benzene rings is 5. The molecule has 186 valence electrons. The minimum atomic E-state index is -0.629. The van der Waals surface area contributed by atoms with Crippen LogP contribution in [0, 0.1) is 0 Å². The van der Waals surface area contributed by atoms with Gasteiger partial charge in [-0.25, -0.2) is 0 Å². The Hall–Kier alpha value is -3.05. The molecule has 6 heteroatoms. The monoisotopic (exact) mass is 585 g/mol. The van der Waals surface area contributed by atoms with Gasteiger partial charge in [-0.3, -0.25) is 0 Å². The Morgan fingerprint density at radius 1 is 0.526 bits per heavy atom. The van der Waals surface area contributed by atoms with Gasteiger partial charge in [0.25, 0.3) is 0 Å². The van der Waals surface area contributed by atoms with Crippen molar-refractivity contribution in [2.75, 3.05) is 0 Å². The first-order chi connectivity index (χ1) is 17.2. The van der Waals surface area contributed by atoms with E-state index in [9.17, 15) is 4.79 Å². The second-order valence-corrected chi connectivity index (χ2v) is 9.28. The number of rotatable bonds is 3. The molecule has 6 aromatic carbocycles. The van der Waals surface area contributed by atoms with Crippen molar-refractivity contribution in [1.29, 1.82) is 0 Å². The summed E-state index contributed by atoms with van der Waals surface area (Å²) in [4.78, 5) is 10.3. The van der Waals surface area contributed by atoms with Crippen LogP contribution in [0.5, 0.6) is 0 Å². The molecule has 1 amide bonds. The number of halogens is 2. The van der Waals surface area contributed by atoms with E-state index in [1.165, 1.54) is 31.9 Å². The van der Waals surface area contributed by atoms with E-state index in [2.05, 4.69) is 115 Å². The second kappa shape index (κ2) is 17.5. The zero-order valence-electron chi connectivity index (χ0n) is 20.5. The number of carbonyl (C=O) groups excluding carboxylic acids is 1. The van der Waals surface area contributed by atoms with Gasteiger partial charge in [0.2, 0.25) is 0 Å². The Labute approximate surface area is 254 Å². The van der Waals surface area contributed by atoms with E-state index >= 15 is 0 Å². The van der Waals surface area contributed by atoms with Gasteiger partial charge in [0, 0.05) is 0 Å². The minimum Gasteiger partial charge on any atom is -1.00 e. The summed E-state index contributed by atoms with van der Waals surface area (Å²) in [7, 11) is 0.777. The number of amides is 1. The fourth-order valence-electron chi connectivity index (χ4n) is 3.70. The average Bonchev–Trinajstić information content (AvgIpc) is 3.30. The van der Waals surface area contributed by atoms with Crippen molar-refractivity contribution in [3.05, 3.63) is 157 Å². The molecule has 2 nitrogen and oxygen atoms in total. The third-order valence-electron chi connectivity index (χ3n) is 5.39. The summed E-state index contributed by atoms with van der Waals surface area (Å²) in [6.45, 7) is 0. The van der Waals surface area contributed by atoms with Crippen LogP contribution < -0.4 is 35.2 Å². The molecule has 0 saturated heterocycles. The number of nitrogens with one attached hydrogen (secondary N) is 1. The van der Waals surface area contributed by atoms with Gasteiger partial charge in [0.15, 0.2) is 0 Å². The SMILES string of the molecule is [Cl-].[Cl-].[NH-]C(=O)c1ccccc1.[Ti+4].c1ccc([Si]c2ccccc2)cc1.c1ccc2c(c1)[cH-]c1ccccc12. The van der Waals surface area contributed by atoms with Gasteiger partial charge in [-0.15, -0.1) is 39.7 Å². The van der Waals surface area contributed by atoms with Gasteiger partial charge in [0.1, 0.15) is 9.52 Å². The van der Waals surface area contributed by atoms with Crippen LogP contribution in [0.15, 0.2) is 146 Å². The first kappa shape index (κ1) is 33.0. The smallest absolute Gasteiger partial charge is 1.00 e. The van der Waals surface area contributed by atoms with Crippen molar-refractivity contribution in [1.82, 2.24) is 0 Å². The molecule has 1 N–H and O–H groups in total. The van der Waals surface area contributed by atoms with Gasteiger partial charge in [0.05, 0.1) is 5.91 Å². The maximum atomic E-state index is 10.3. The van der Waals surface area contributed by atoms with Crippen LogP contribution in [-0.2, 0) is 21.7 Å². The van der Waals surface area contributed by atoms with E-state index in [1.807, 2.05) is 6.07 Å². The molecule has 0 saturated carbocycles. The van der Waals surface area contributed by atoms with Crippen molar-refractivity contribution in [3.63, 3.8) is 0 Å². The van der Waals surface area contributed by atoms with Crippen molar-refractivity contribution in [3.8, 4) is 0 Å². The summed E-state index contributed by atoms with van der Waals surface area (Å²) < 4.78 is 0. The predicted octanol–water partition coefficient (Wildman–Crippen LogP) is 0.938. The maximum absolute atomic E-state index is 10.3. The molecule has 6 aromatic rings. The molecular weight excluding hydrogens is 561 g/mol. The molecule has 0 bridgehead atoms. The van der Waals surface area contributed by atoms with Crippen LogP contribution >= 0.6 is 0 Å². The standard InChI is InChI=1S/C13H9.C12H10Si.C7H7NO.2ClH.Ti/c1-3-7-12-10(5-1)9-11-6-2-4-8-13(11)12;1-3-7-11(8-4-1)13-12-9-5-2-6-10-12;8-7(9)6-4-2-1-3-5-6;;;/h1-9H;1-10H;1-5H,(H2,8,9);2*1H;/q-1;;;;;+4/p-3. The molecule has 0 heterocycles. The van der Waals surface area contributed by atoms with Crippen molar-refractivity contribution < 1.29 is 51.3 Å². The molecule has 0 aliphatic carbocycles. The Balaban J connectivity index is 0.000000279. The number of carbonyl (C=O) groups is 1. The van der Waals surface area contributed by atoms with Crippen LogP contribution in [0.2, 0.25) is 0 Å². The van der Waals surface area contributed by atoms with Gasteiger partial charge in [-0.05, 0) is 5.56 Å². The number of hydrogen-bond donors (Lipinski definition) is 0. The van der Waals surface area contributed by atoms with Gasteiger partial charge < -0.3 is 35.3 Å². The Kier molecular flexibility index (Phi) is 15.2. The van der Waals surface area contributed by atoms with Crippen LogP contribution in [0.1, 0.15) is 10.4 Å². The number of fused-ring (bicyclic) bond motifs is 3. The Morgan fingerprint density at radius 2 is 0.868 bits per heavy atom. The van der Waals surface area contributed by atoms with Crippen LogP contribution in [0.3, 0.4) is 0 Å². The summed E-state index contributed by atoms with van der Waals surface area (Å²) in [6, 6.07) is 49.0. The molecule has 38 heavy (non-hydrogen) atoms. The minimum absolute atomic E-state index is 0. The molecule has 2 radical (unpaired) electrons. The topological polar surface area (TPSA) is 40.9 Å². The third-order valence-corrected chi connectivity index (χ3v) is 6.64. The Morgan fingerprint density at radius 3 is 1.24 bits per heavy atom. The predicted molar refractivity (Wildman–Crippen MR) is 150 cm³/mol. The molecule has 0 aliphatic rings. The molecular formula is C32H25Cl2NOSiTi. The third kappa shape index (κ3) is 9.68. The van der Waals surface area contributed by atoms with Crippen molar-refractivity contribution in [2.45, 2.75) is 0 Å². The largest absolute Gasteiger partial charge is 4.00 e. The first-order valence-corrected chi connectivity index (χ1v) is 12.4. The molecule has 0 unspecified atom stereocenters. The van der Waals surface area contributed by atoms with Gasteiger partial charge >= 0.3 is 21.7 Å². The molecule has 0 atom stereocenters. The van der Waals surface area contributed by atoms with E-state index in [0.29, 0.717) is 5.56 Å². The molecule has 0 aliphatic heterocycles. The summed E-state index contributed by atoms with van der Waals surface area (Å²) >= 11 is 0. The van der Waals surface area contributed by atoms with Crippen molar-refractivity contribution >= 4 is 47.3 Å². The van der Waals surface area contributed by atoms with E-state index in [4.69, 9.17) is 5.73 Å².